The normalized spacial score (nSPS) is 13.5. The van der Waals surface area contributed by atoms with Crippen LogP contribution in [0.1, 0.15) is 26.0 Å². The van der Waals surface area contributed by atoms with Crippen molar-refractivity contribution in [2.75, 3.05) is 0 Å². The number of benzene rings is 1. The van der Waals surface area contributed by atoms with E-state index in [-0.39, 0.29) is 16.7 Å². The average Bonchev–Trinajstić information content (AvgIpc) is 2.98. The number of aromatic nitrogens is 1. The van der Waals surface area contributed by atoms with Gasteiger partial charge in [0.05, 0.1) is 16.7 Å². The molecular weight excluding hydrogens is 268 g/mol. The van der Waals surface area contributed by atoms with Gasteiger partial charge < -0.3 is 9.30 Å². The van der Waals surface area contributed by atoms with Crippen molar-refractivity contribution in [3.05, 3.63) is 46.1 Å². The molecule has 5 heteroatoms. The predicted octanol–water partition coefficient (Wildman–Crippen LogP) is 3.80. The van der Waals surface area contributed by atoms with E-state index in [9.17, 15) is 10.1 Å². The summed E-state index contributed by atoms with van der Waals surface area (Å²) in [4.78, 5) is 11.2. The van der Waals surface area contributed by atoms with Crippen LogP contribution in [0.25, 0.3) is 11.3 Å². The van der Waals surface area contributed by atoms with Crippen molar-refractivity contribution in [2.24, 2.45) is 0 Å². The van der Waals surface area contributed by atoms with E-state index in [1.54, 1.807) is 0 Å². The molecular formula is C16H18N2O3. The summed E-state index contributed by atoms with van der Waals surface area (Å²) in [6, 6.07) is 9.76. The van der Waals surface area contributed by atoms with E-state index in [1.165, 1.54) is 0 Å². The van der Waals surface area contributed by atoms with Crippen molar-refractivity contribution >= 4 is 5.69 Å². The number of ether oxygens (including phenoxy) is 1. The minimum Gasteiger partial charge on any atom is -0.483 e. The first-order valence-electron chi connectivity index (χ1n) is 7.21. The molecule has 0 saturated heterocycles. The third kappa shape index (κ3) is 2.28. The molecule has 0 atom stereocenters. The fourth-order valence-corrected chi connectivity index (χ4v) is 2.95. The summed E-state index contributed by atoms with van der Waals surface area (Å²) in [7, 11) is 0. The van der Waals surface area contributed by atoms with Crippen LogP contribution in [0, 0.1) is 10.1 Å². The van der Waals surface area contributed by atoms with Gasteiger partial charge in [-0.05, 0) is 26.7 Å². The van der Waals surface area contributed by atoms with Crippen LogP contribution >= 0.6 is 0 Å². The third-order valence-electron chi connectivity index (χ3n) is 3.68. The molecule has 1 aliphatic heterocycles. The summed E-state index contributed by atoms with van der Waals surface area (Å²) in [6.45, 7) is 4.59. The Hall–Kier alpha value is -2.30. The van der Waals surface area contributed by atoms with E-state index in [1.807, 2.05) is 48.7 Å². The van der Waals surface area contributed by atoms with Gasteiger partial charge in [-0.3, -0.25) is 10.1 Å². The van der Waals surface area contributed by atoms with Crippen LogP contribution in [0.15, 0.2) is 30.3 Å². The smallest absolute Gasteiger partial charge is 0.332 e. The summed E-state index contributed by atoms with van der Waals surface area (Å²) in [5, 5.41) is 11.5. The number of nitrogens with zero attached hydrogens (tertiary/aromatic N) is 2. The van der Waals surface area contributed by atoms with E-state index < -0.39 is 0 Å². The van der Waals surface area contributed by atoms with Gasteiger partial charge in [-0.15, -0.1) is 0 Å². The van der Waals surface area contributed by atoms with Gasteiger partial charge in [-0.1, -0.05) is 30.3 Å². The molecule has 0 amide bonds. The van der Waals surface area contributed by atoms with Crippen molar-refractivity contribution in [1.82, 2.24) is 4.57 Å². The third-order valence-corrected chi connectivity index (χ3v) is 3.68. The van der Waals surface area contributed by atoms with E-state index >= 15 is 0 Å². The molecule has 0 aliphatic carbocycles. The number of fused-ring (bicyclic) bond motifs is 1. The molecule has 1 aliphatic rings. The van der Waals surface area contributed by atoms with Gasteiger partial charge in [-0.25, -0.2) is 0 Å². The first-order valence-corrected chi connectivity index (χ1v) is 7.21. The number of hydrogen-bond donors (Lipinski definition) is 0. The molecule has 1 aromatic heterocycles. The molecule has 2 heterocycles. The summed E-state index contributed by atoms with van der Waals surface area (Å²) < 4.78 is 7.87. The standard InChI is InChI=1S/C16H18N2O3/c1-11(2)21-16-14(12-7-4-3-5-8-12)17-10-6-9-13(17)15(16)18(19)20/h3-5,7-8,11H,6,9-10H2,1-2H3. The maximum Gasteiger partial charge on any atom is 0.332 e. The zero-order valence-electron chi connectivity index (χ0n) is 12.2. The Kier molecular flexibility index (Phi) is 3.41. The van der Waals surface area contributed by atoms with Crippen LogP contribution in [0.4, 0.5) is 5.69 Å². The van der Waals surface area contributed by atoms with Crippen molar-refractivity contribution < 1.29 is 9.66 Å². The Bertz CT molecular complexity index is 675. The summed E-state index contributed by atoms with van der Waals surface area (Å²) >= 11 is 0. The largest absolute Gasteiger partial charge is 0.483 e. The maximum atomic E-state index is 11.5. The summed E-state index contributed by atoms with van der Waals surface area (Å²) in [5.74, 6) is 0.413. The second-order valence-corrected chi connectivity index (χ2v) is 5.52. The molecule has 21 heavy (non-hydrogen) atoms. The molecule has 0 unspecified atom stereocenters. The fourth-order valence-electron chi connectivity index (χ4n) is 2.95. The molecule has 3 rings (SSSR count). The van der Waals surface area contributed by atoms with Gasteiger partial charge in [0.25, 0.3) is 0 Å². The Labute approximate surface area is 123 Å². The molecule has 0 fully saturated rings. The Morgan fingerprint density at radius 2 is 2.00 bits per heavy atom. The number of hydrogen-bond acceptors (Lipinski definition) is 3. The predicted molar refractivity (Wildman–Crippen MR) is 80.6 cm³/mol. The summed E-state index contributed by atoms with van der Waals surface area (Å²) in [5.41, 5.74) is 2.72. The first-order chi connectivity index (χ1) is 10.1. The first kappa shape index (κ1) is 13.7. The lowest BCUT2D eigenvalue weighted by molar-refractivity contribution is -0.386. The van der Waals surface area contributed by atoms with Gasteiger partial charge in [0, 0.05) is 12.1 Å². The van der Waals surface area contributed by atoms with Gasteiger partial charge in [-0.2, -0.15) is 0 Å². The van der Waals surface area contributed by atoms with E-state index in [2.05, 4.69) is 0 Å². The number of nitro groups is 1. The Morgan fingerprint density at radius 1 is 1.29 bits per heavy atom. The second-order valence-electron chi connectivity index (χ2n) is 5.52. The number of rotatable bonds is 4. The van der Waals surface area contributed by atoms with Crippen molar-refractivity contribution in [2.45, 2.75) is 39.3 Å². The molecule has 110 valence electrons. The monoisotopic (exact) mass is 286 g/mol. The highest BCUT2D eigenvalue weighted by Crippen LogP contribution is 2.46. The van der Waals surface area contributed by atoms with E-state index in [0.717, 1.165) is 36.3 Å². The van der Waals surface area contributed by atoms with Crippen LogP contribution < -0.4 is 4.74 Å². The molecule has 0 saturated carbocycles. The van der Waals surface area contributed by atoms with Gasteiger partial charge in [0.2, 0.25) is 5.75 Å². The van der Waals surface area contributed by atoms with Crippen LogP contribution in [0.5, 0.6) is 5.75 Å². The lowest BCUT2D eigenvalue weighted by Crippen LogP contribution is -2.08. The minimum atomic E-state index is -0.304. The highest BCUT2D eigenvalue weighted by Gasteiger charge is 2.35. The van der Waals surface area contributed by atoms with Gasteiger partial charge in [0.1, 0.15) is 5.69 Å². The maximum absolute atomic E-state index is 11.5. The summed E-state index contributed by atoms with van der Waals surface area (Å²) in [6.07, 6.45) is 1.57. The highest BCUT2D eigenvalue weighted by molar-refractivity contribution is 5.76. The highest BCUT2D eigenvalue weighted by atomic mass is 16.6. The van der Waals surface area contributed by atoms with Crippen LogP contribution in [0.2, 0.25) is 0 Å². The Morgan fingerprint density at radius 3 is 2.62 bits per heavy atom. The van der Waals surface area contributed by atoms with E-state index in [4.69, 9.17) is 4.74 Å². The lowest BCUT2D eigenvalue weighted by Gasteiger charge is -2.12. The Balaban J connectivity index is 2.27. The molecule has 2 aromatic rings. The molecule has 0 spiro atoms. The van der Waals surface area contributed by atoms with Gasteiger partial charge in [0.15, 0.2) is 0 Å². The zero-order chi connectivity index (χ0) is 15.0. The van der Waals surface area contributed by atoms with Crippen LogP contribution in [-0.4, -0.2) is 15.6 Å². The van der Waals surface area contributed by atoms with Crippen molar-refractivity contribution in [3.63, 3.8) is 0 Å². The lowest BCUT2D eigenvalue weighted by atomic mass is 10.1. The quantitative estimate of drug-likeness (QED) is 0.634. The second kappa shape index (κ2) is 5.24. The topological polar surface area (TPSA) is 57.3 Å². The van der Waals surface area contributed by atoms with Gasteiger partial charge >= 0.3 is 5.69 Å². The molecule has 0 bridgehead atoms. The van der Waals surface area contributed by atoms with Crippen molar-refractivity contribution in [3.8, 4) is 17.0 Å². The SMILES string of the molecule is CC(C)Oc1c([N+](=O)[O-])c2n(c1-c1ccccc1)CCC2. The van der Waals surface area contributed by atoms with Crippen molar-refractivity contribution in [1.29, 1.82) is 0 Å². The molecule has 1 aromatic carbocycles. The fraction of sp³-hybridized carbons (Fsp3) is 0.375. The van der Waals surface area contributed by atoms with Crippen LogP contribution in [0.3, 0.4) is 0 Å². The molecule has 5 nitrogen and oxygen atoms in total. The average molecular weight is 286 g/mol. The molecule has 0 N–H and O–H groups in total. The molecule has 0 radical (unpaired) electrons. The van der Waals surface area contributed by atoms with Crippen LogP contribution in [-0.2, 0) is 13.0 Å². The van der Waals surface area contributed by atoms with E-state index in [0.29, 0.717) is 5.75 Å². The minimum absolute atomic E-state index is 0.103. The zero-order valence-corrected chi connectivity index (χ0v) is 12.2.